The van der Waals surface area contributed by atoms with Crippen LogP contribution in [0.3, 0.4) is 0 Å². The molecule has 0 saturated carbocycles. The molecule has 3 heteroatoms. The maximum atomic E-state index is 11.6. The Labute approximate surface area is 95.0 Å². The standard InChI is InChI=1S/C11H18BrNO/c1-5-7-9(6-2)13-11(14)10(12)8(3)4/h1,8-10H,6-7H2,2-4H3,(H,13,14). The largest absolute Gasteiger partial charge is 0.351 e. The van der Waals surface area contributed by atoms with Crippen LogP contribution < -0.4 is 5.32 Å². The van der Waals surface area contributed by atoms with Gasteiger partial charge in [-0.25, -0.2) is 0 Å². The minimum Gasteiger partial charge on any atom is -0.351 e. The van der Waals surface area contributed by atoms with Crippen molar-refractivity contribution in [2.45, 2.75) is 44.5 Å². The smallest absolute Gasteiger partial charge is 0.234 e. The first kappa shape index (κ1) is 13.5. The van der Waals surface area contributed by atoms with Gasteiger partial charge in [0, 0.05) is 12.5 Å². The molecule has 0 aliphatic carbocycles. The molecule has 0 heterocycles. The molecule has 0 saturated heterocycles. The molecule has 0 aliphatic heterocycles. The van der Waals surface area contributed by atoms with Crippen molar-refractivity contribution in [1.29, 1.82) is 0 Å². The Hall–Kier alpha value is -0.490. The molecule has 0 aromatic rings. The zero-order valence-electron chi connectivity index (χ0n) is 9.01. The topological polar surface area (TPSA) is 29.1 Å². The van der Waals surface area contributed by atoms with Crippen LogP contribution in [-0.2, 0) is 4.79 Å². The van der Waals surface area contributed by atoms with Gasteiger partial charge < -0.3 is 5.32 Å². The molecule has 2 atom stereocenters. The second-order valence-electron chi connectivity index (χ2n) is 3.67. The number of hydrogen-bond donors (Lipinski definition) is 1. The van der Waals surface area contributed by atoms with Crippen LogP contribution in [0.4, 0.5) is 0 Å². The quantitative estimate of drug-likeness (QED) is 0.596. The van der Waals surface area contributed by atoms with Crippen molar-refractivity contribution in [2.75, 3.05) is 0 Å². The lowest BCUT2D eigenvalue weighted by atomic mass is 10.1. The van der Waals surface area contributed by atoms with Gasteiger partial charge in [0.2, 0.25) is 5.91 Å². The highest BCUT2D eigenvalue weighted by atomic mass is 79.9. The molecule has 1 amide bonds. The number of terminal acetylenes is 1. The molecule has 0 aromatic heterocycles. The highest BCUT2D eigenvalue weighted by molar-refractivity contribution is 9.10. The van der Waals surface area contributed by atoms with Gasteiger partial charge in [-0.15, -0.1) is 12.3 Å². The van der Waals surface area contributed by atoms with Crippen molar-refractivity contribution in [3.8, 4) is 12.3 Å². The average Bonchev–Trinajstić information content (AvgIpc) is 2.15. The lowest BCUT2D eigenvalue weighted by molar-refractivity contribution is -0.121. The van der Waals surface area contributed by atoms with Crippen molar-refractivity contribution in [3.63, 3.8) is 0 Å². The minimum absolute atomic E-state index is 0.0297. The van der Waals surface area contributed by atoms with Crippen LogP contribution in [-0.4, -0.2) is 16.8 Å². The van der Waals surface area contributed by atoms with Gasteiger partial charge in [0.25, 0.3) is 0 Å². The van der Waals surface area contributed by atoms with Crippen molar-refractivity contribution >= 4 is 21.8 Å². The van der Waals surface area contributed by atoms with E-state index >= 15 is 0 Å². The fourth-order valence-corrected chi connectivity index (χ4v) is 1.16. The molecule has 0 spiro atoms. The van der Waals surface area contributed by atoms with Gasteiger partial charge in [0.1, 0.15) is 0 Å². The summed E-state index contributed by atoms with van der Waals surface area (Å²) >= 11 is 3.35. The van der Waals surface area contributed by atoms with Crippen molar-refractivity contribution in [3.05, 3.63) is 0 Å². The highest BCUT2D eigenvalue weighted by Gasteiger charge is 2.20. The number of amides is 1. The summed E-state index contributed by atoms with van der Waals surface area (Å²) in [4.78, 5) is 11.5. The fourth-order valence-electron chi connectivity index (χ4n) is 1.02. The molecular formula is C11H18BrNO. The maximum Gasteiger partial charge on any atom is 0.234 e. The summed E-state index contributed by atoms with van der Waals surface area (Å²) < 4.78 is 0. The number of rotatable bonds is 5. The Morgan fingerprint density at radius 1 is 1.57 bits per heavy atom. The van der Waals surface area contributed by atoms with E-state index in [-0.39, 0.29) is 16.8 Å². The van der Waals surface area contributed by atoms with Crippen LogP contribution in [0.25, 0.3) is 0 Å². The predicted octanol–water partition coefficient (Wildman–Crippen LogP) is 2.32. The van der Waals surface area contributed by atoms with E-state index in [9.17, 15) is 4.79 Å². The number of hydrogen-bond acceptors (Lipinski definition) is 1. The SMILES string of the molecule is C#CCC(CC)NC(=O)C(Br)C(C)C. The third kappa shape index (κ3) is 4.66. The molecule has 0 aromatic carbocycles. The fraction of sp³-hybridized carbons (Fsp3) is 0.727. The van der Waals surface area contributed by atoms with Crippen LogP contribution in [0.5, 0.6) is 0 Å². The molecule has 0 radical (unpaired) electrons. The average molecular weight is 260 g/mol. The molecule has 2 unspecified atom stereocenters. The third-order valence-corrected chi connectivity index (χ3v) is 3.51. The Bertz CT molecular complexity index is 220. The Kier molecular flexibility index (Phi) is 6.65. The van der Waals surface area contributed by atoms with Crippen LogP contribution >= 0.6 is 15.9 Å². The normalized spacial score (nSPS) is 14.6. The summed E-state index contributed by atoms with van der Waals surface area (Å²) in [5, 5.41) is 2.92. The molecule has 0 aliphatic rings. The number of carbonyl (C=O) groups excluding carboxylic acids is 1. The first-order chi connectivity index (χ1) is 6.52. The van der Waals surface area contributed by atoms with Gasteiger partial charge in [0.15, 0.2) is 0 Å². The number of alkyl halides is 1. The molecule has 0 fully saturated rings. The monoisotopic (exact) mass is 259 g/mol. The van der Waals surface area contributed by atoms with Gasteiger partial charge in [-0.2, -0.15) is 0 Å². The van der Waals surface area contributed by atoms with Crippen LogP contribution in [0.1, 0.15) is 33.6 Å². The molecule has 80 valence electrons. The van der Waals surface area contributed by atoms with Crippen LogP contribution in [0.15, 0.2) is 0 Å². The second-order valence-corrected chi connectivity index (χ2v) is 4.65. The Morgan fingerprint density at radius 3 is 2.50 bits per heavy atom. The van der Waals surface area contributed by atoms with Crippen molar-refractivity contribution in [1.82, 2.24) is 5.32 Å². The van der Waals surface area contributed by atoms with E-state index in [1.54, 1.807) is 0 Å². The molecule has 0 bridgehead atoms. The van der Waals surface area contributed by atoms with Crippen molar-refractivity contribution in [2.24, 2.45) is 5.92 Å². The predicted molar refractivity (Wildman–Crippen MR) is 63.2 cm³/mol. The van der Waals surface area contributed by atoms with Gasteiger partial charge in [-0.1, -0.05) is 36.7 Å². The summed E-state index contributed by atoms with van der Waals surface area (Å²) in [6, 6.07) is 0.103. The van der Waals surface area contributed by atoms with Gasteiger partial charge in [-0.05, 0) is 12.3 Å². The van der Waals surface area contributed by atoms with E-state index in [0.717, 1.165) is 6.42 Å². The summed E-state index contributed by atoms with van der Waals surface area (Å²) in [5.74, 6) is 2.88. The Balaban J connectivity index is 4.09. The number of nitrogens with one attached hydrogen (secondary N) is 1. The van der Waals surface area contributed by atoms with E-state index in [1.807, 2.05) is 20.8 Å². The number of carbonyl (C=O) groups is 1. The van der Waals surface area contributed by atoms with E-state index in [4.69, 9.17) is 6.42 Å². The van der Waals surface area contributed by atoms with Gasteiger partial charge in [0.05, 0.1) is 4.83 Å². The van der Waals surface area contributed by atoms with E-state index in [2.05, 4.69) is 27.2 Å². The van der Waals surface area contributed by atoms with E-state index < -0.39 is 0 Å². The lowest BCUT2D eigenvalue weighted by Crippen LogP contribution is -2.40. The van der Waals surface area contributed by atoms with Crippen molar-refractivity contribution < 1.29 is 4.79 Å². The zero-order chi connectivity index (χ0) is 11.1. The number of halogens is 1. The molecular weight excluding hydrogens is 242 g/mol. The van der Waals surface area contributed by atoms with Crippen LogP contribution in [0, 0.1) is 18.3 Å². The second kappa shape index (κ2) is 6.89. The summed E-state index contributed by atoms with van der Waals surface area (Å²) in [6.07, 6.45) is 6.67. The van der Waals surface area contributed by atoms with Gasteiger partial charge >= 0.3 is 0 Å². The van der Waals surface area contributed by atoms with E-state index in [1.165, 1.54) is 0 Å². The minimum atomic E-state index is -0.130. The first-order valence-corrected chi connectivity index (χ1v) is 5.82. The third-order valence-electron chi connectivity index (χ3n) is 2.04. The highest BCUT2D eigenvalue weighted by Crippen LogP contribution is 2.12. The lowest BCUT2D eigenvalue weighted by Gasteiger charge is -2.18. The first-order valence-electron chi connectivity index (χ1n) is 4.90. The Morgan fingerprint density at radius 2 is 2.14 bits per heavy atom. The van der Waals surface area contributed by atoms with Crippen LogP contribution in [0.2, 0.25) is 0 Å². The zero-order valence-corrected chi connectivity index (χ0v) is 10.6. The molecule has 2 nitrogen and oxygen atoms in total. The summed E-state index contributed by atoms with van der Waals surface area (Å²) in [7, 11) is 0. The van der Waals surface area contributed by atoms with E-state index in [0.29, 0.717) is 12.3 Å². The summed E-state index contributed by atoms with van der Waals surface area (Å²) in [5.41, 5.74) is 0. The maximum absolute atomic E-state index is 11.6. The molecule has 14 heavy (non-hydrogen) atoms. The van der Waals surface area contributed by atoms with Gasteiger partial charge in [-0.3, -0.25) is 4.79 Å². The molecule has 0 rings (SSSR count). The summed E-state index contributed by atoms with van der Waals surface area (Å²) in [6.45, 7) is 6.02. The molecule has 1 N–H and O–H groups in total.